The van der Waals surface area contributed by atoms with Gasteiger partial charge in [-0.25, -0.2) is 9.97 Å². The molecule has 0 radical (unpaired) electrons. The minimum Gasteiger partial charge on any atom is -0.481 e. The molecular formula is C35H32Cl2N6O4S. The second kappa shape index (κ2) is 13.4. The Labute approximate surface area is 291 Å². The zero-order valence-electron chi connectivity index (χ0n) is 26.1. The van der Waals surface area contributed by atoms with Gasteiger partial charge >= 0.3 is 5.97 Å². The Morgan fingerprint density at radius 3 is 2.56 bits per heavy atom. The van der Waals surface area contributed by atoms with Crippen LogP contribution in [0.5, 0.6) is 5.88 Å². The Morgan fingerprint density at radius 1 is 1.04 bits per heavy atom. The summed E-state index contributed by atoms with van der Waals surface area (Å²) in [7, 11) is 1.62. The third-order valence-corrected chi connectivity index (χ3v) is 10.7. The molecule has 2 fully saturated rings. The molecule has 3 aromatic heterocycles. The third kappa shape index (κ3) is 6.48. The number of aromatic nitrogens is 3. The van der Waals surface area contributed by atoms with Crippen molar-refractivity contribution in [2.75, 3.05) is 26.7 Å². The summed E-state index contributed by atoms with van der Waals surface area (Å²) in [5, 5.41) is 16.8. The summed E-state index contributed by atoms with van der Waals surface area (Å²) in [6, 6.07) is 17.6. The first kappa shape index (κ1) is 32.4. The fraction of sp³-hybridized carbons (Fsp3) is 0.286. The van der Waals surface area contributed by atoms with Crippen molar-refractivity contribution in [1.82, 2.24) is 30.5 Å². The number of carbonyl (C=O) groups is 2. The van der Waals surface area contributed by atoms with E-state index in [0.717, 1.165) is 68.2 Å². The number of carbonyl (C=O) groups excluding carboxylic acids is 1. The fourth-order valence-electron chi connectivity index (χ4n) is 6.57. The van der Waals surface area contributed by atoms with E-state index in [1.165, 1.54) is 11.3 Å². The lowest BCUT2D eigenvalue weighted by Gasteiger charge is -2.48. The Bertz CT molecular complexity index is 2050. The highest BCUT2D eigenvalue weighted by atomic mass is 35.5. The molecule has 0 aliphatic carbocycles. The minimum absolute atomic E-state index is 0.0827. The van der Waals surface area contributed by atoms with Gasteiger partial charge < -0.3 is 20.5 Å². The predicted molar refractivity (Wildman–Crippen MR) is 187 cm³/mol. The number of benzene rings is 2. The van der Waals surface area contributed by atoms with Crippen molar-refractivity contribution in [3.8, 4) is 28.3 Å². The number of carboxylic acids is 1. The summed E-state index contributed by atoms with van der Waals surface area (Å²) in [5.74, 6) is -0.244. The zero-order valence-corrected chi connectivity index (χ0v) is 28.4. The lowest BCUT2D eigenvalue weighted by molar-refractivity contribution is -0.136. The van der Waals surface area contributed by atoms with Crippen LogP contribution in [0.3, 0.4) is 0 Å². The van der Waals surface area contributed by atoms with E-state index in [4.69, 9.17) is 43.0 Å². The maximum absolute atomic E-state index is 11.7. The number of halogens is 2. The molecule has 5 aromatic rings. The number of nitrogens with zero attached hydrogens (tertiary/aromatic N) is 4. The number of nitrogens with one attached hydrogen (secondary N) is 2. The van der Waals surface area contributed by atoms with Gasteiger partial charge in [-0.3, -0.25) is 19.5 Å². The SMILES string of the molecule is COc1nc(-c2cccc(-c3cccc(Cc4nccc5sc(CNCC(=O)O)nc45)c3Cl)c2Cl)ccc1CN1CC2(CCC(=O)N2)C1. The number of pyridine rings is 2. The van der Waals surface area contributed by atoms with Gasteiger partial charge in [0, 0.05) is 67.5 Å². The molecule has 0 saturated carbocycles. The molecule has 0 unspecified atom stereocenters. The van der Waals surface area contributed by atoms with Gasteiger partial charge in [0.25, 0.3) is 0 Å². The van der Waals surface area contributed by atoms with E-state index in [1.54, 1.807) is 13.3 Å². The smallest absolute Gasteiger partial charge is 0.317 e. The number of hydrogen-bond donors (Lipinski definition) is 3. The molecule has 3 N–H and O–H groups in total. The van der Waals surface area contributed by atoms with E-state index in [0.29, 0.717) is 47.6 Å². The number of fused-ring (bicyclic) bond motifs is 1. The Hall–Kier alpha value is -4.13. The van der Waals surface area contributed by atoms with Gasteiger partial charge in [-0.05, 0) is 24.1 Å². The molecule has 0 atom stereocenters. The first-order valence-electron chi connectivity index (χ1n) is 15.5. The highest BCUT2D eigenvalue weighted by Gasteiger charge is 2.47. The summed E-state index contributed by atoms with van der Waals surface area (Å²) in [4.78, 5) is 39.1. The molecule has 2 aromatic carbocycles. The number of aliphatic carboxylic acids is 1. The highest BCUT2D eigenvalue weighted by Crippen LogP contribution is 2.41. The van der Waals surface area contributed by atoms with E-state index in [1.807, 2.05) is 54.6 Å². The van der Waals surface area contributed by atoms with Crippen LogP contribution in [-0.4, -0.2) is 69.1 Å². The number of amides is 1. The molecule has 7 rings (SSSR count). The molecule has 2 saturated heterocycles. The van der Waals surface area contributed by atoms with E-state index < -0.39 is 5.97 Å². The number of thiazole rings is 1. The van der Waals surface area contributed by atoms with E-state index in [9.17, 15) is 9.59 Å². The summed E-state index contributed by atoms with van der Waals surface area (Å²) < 4.78 is 6.68. The van der Waals surface area contributed by atoms with Crippen LogP contribution in [0.1, 0.15) is 34.7 Å². The van der Waals surface area contributed by atoms with Crippen LogP contribution in [0.15, 0.2) is 60.8 Å². The van der Waals surface area contributed by atoms with Crippen LogP contribution in [0, 0.1) is 0 Å². The minimum atomic E-state index is -0.916. The molecule has 246 valence electrons. The molecule has 1 spiro atoms. The van der Waals surface area contributed by atoms with Crippen molar-refractivity contribution in [2.24, 2.45) is 0 Å². The van der Waals surface area contributed by atoms with E-state index in [-0.39, 0.29) is 18.0 Å². The van der Waals surface area contributed by atoms with Gasteiger partial charge in [-0.2, -0.15) is 0 Å². The van der Waals surface area contributed by atoms with Crippen LogP contribution in [-0.2, 0) is 29.1 Å². The van der Waals surface area contributed by atoms with Crippen molar-refractivity contribution < 1.29 is 19.4 Å². The normalized spacial score (nSPS) is 15.5. The Balaban J connectivity index is 1.12. The van der Waals surface area contributed by atoms with Crippen molar-refractivity contribution in [1.29, 1.82) is 0 Å². The number of rotatable bonds is 11. The van der Waals surface area contributed by atoms with Gasteiger partial charge in [-0.15, -0.1) is 11.3 Å². The molecule has 0 bridgehead atoms. The monoisotopic (exact) mass is 702 g/mol. The van der Waals surface area contributed by atoms with Gasteiger partial charge in [0.15, 0.2) is 0 Å². The number of carboxylic acid groups (broad SMARTS) is 1. The summed E-state index contributed by atoms with van der Waals surface area (Å²) in [5.41, 5.74) is 6.34. The maximum Gasteiger partial charge on any atom is 0.317 e. The van der Waals surface area contributed by atoms with Crippen LogP contribution in [0.2, 0.25) is 10.0 Å². The molecule has 2 aliphatic heterocycles. The Kier molecular flexibility index (Phi) is 9.06. The van der Waals surface area contributed by atoms with Crippen LogP contribution < -0.4 is 15.4 Å². The quantitative estimate of drug-likeness (QED) is 0.153. The van der Waals surface area contributed by atoms with Gasteiger partial charge in [-0.1, -0.05) is 65.7 Å². The number of methoxy groups -OCH3 is 1. The number of ether oxygens (including phenoxy) is 1. The molecule has 48 heavy (non-hydrogen) atoms. The largest absolute Gasteiger partial charge is 0.481 e. The van der Waals surface area contributed by atoms with Crippen molar-refractivity contribution in [2.45, 2.75) is 37.9 Å². The second-order valence-electron chi connectivity index (χ2n) is 12.2. The van der Waals surface area contributed by atoms with Gasteiger partial charge in [0.05, 0.1) is 45.3 Å². The molecule has 1 amide bonds. The maximum atomic E-state index is 11.7. The third-order valence-electron chi connectivity index (χ3n) is 8.80. The standard InChI is InChI=1S/C35H32Cl2N6O4S/c1-47-34-21(17-43-18-35(19-43)12-10-28(44)42-35)8-9-25(40-34)24-7-3-6-23(32(24)37)22-5-2-4-20(31(22)36)14-26-33-27(11-13-39-26)48-29(41-33)15-38-16-30(45)46/h2-9,11,13,38H,10,12,14-19H2,1H3,(H,42,44)(H,45,46). The topological polar surface area (TPSA) is 130 Å². The van der Waals surface area contributed by atoms with E-state index in [2.05, 4.69) is 20.5 Å². The molecule has 10 nitrogen and oxygen atoms in total. The van der Waals surface area contributed by atoms with Gasteiger partial charge in [0.1, 0.15) is 10.5 Å². The van der Waals surface area contributed by atoms with Crippen molar-refractivity contribution in [3.05, 3.63) is 92.7 Å². The summed E-state index contributed by atoms with van der Waals surface area (Å²) in [6.07, 6.45) is 3.69. The second-order valence-corrected chi connectivity index (χ2v) is 14.0. The van der Waals surface area contributed by atoms with Crippen LogP contribution >= 0.6 is 34.5 Å². The predicted octanol–water partition coefficient (Wildman–Crippen LogP) is 5.97. The number of likely N-dealkylation sites (tertiary alicyclic amines) is 1. The van der Waals surface area contributed by atoms with Crippen LogP contribution in [0.25, 0.3) is 32.6 Å². The van der Waals surface area contributed by atoms with Crippen molar-refractivity contribution >= 4 is 56.6 Å². The summed E-state index contributed by atoms with van der Waals surface area (Å²) in [6.45, 7) is 2.54. The Morgan fingerprint density at radius 2 is 1.81 bits per heavy atom. The number of hydrogen-bond acceptors (Lipinski definition) is 9. The zero-order chi connectivity index (χ0) is 33.4. The van der Waals surface area contributed by atoms with Crippen LogP contribution in [0.4, 0.5) is 0 Å². The highest BCUT2D eigenvalue weighted by molar-refractivity contribution is 7.18. The van der Waals surface area contributed by atoms with Crippen molar-refractivity contribution in [3.63, 3.8) is 0 Å². The molecule has 2 aliphatic rings. The average molecular weight is 704 g/mol. The molecular weight excluding hydrogens is 671 g/mol. The fourth-order valence-corrected chi connectivity index (χ4v) is 8.14. The molecule has 13 heteroatoms. The van der Waals surface area contributed by atoms with E-state index >= 15 is 0 Å². The lowest BCUT2D eigenvalue weighted by atomic mass is 9.88. The average Bonchev–Trinajstić information content (AvgIpc) is 3.66. The summed E-state index contributed by atoms with van der Waals surface area (Å²) >= 11 is 15.7. The first-order chi connectivity index (χ1) is 23.2. The molecule has 5 heterocycles. The lowest BCUT2D eigenvalue weighted by Crippen LogP contribution is -2.66. The first-order valence-corrected chi connectivity index (χ1v) is 17.1. The van der Waals surface area contributed by atoms with Gasteiger partial charge in [0.2, 0.25) is 11.8 Å².